The first-order chi connectivity index (χ1) is 15.8. The van der Waals surface area contributed by atoms with Gasteiger partial charge in [0.25, 0.3) is 5.91 Å². The highest BCUT2D eigenvalue weighted by Gasteiger charge is 2.30. The minimum atomic E-state index is -3.52. The molecule has 1 aromatic heterocycles. The smallest absolute Gasteiger partial charge is 0.255 e. The SMILES string of the molecule is CS(=O)(=O)c1ccc(-c2cccc(F)c2)c(C(=O)N2Cc3cn(C4CCOCC4)nc3C2)c1. The van der Waals surface area contributed by atoms with Crippen molar-refractivity contribution in [1.82, 2.24) is 14.7 Å². The molecule has 0 N–H and O–H groups in total. The standard InChI is InChI=1S/C24H24FN3O4S/c1-33(30,31)20-5-6-21(16-3-2-4-18(25)11-16)22(12-20)24(29)27-13-17-14-28(26-23(17)15-27)19-7-9-32-10-8-19/h2-6,11-12,14,19H,7-10,13,15H2,1H3. The molecule has 1 saturated heterocycles. The molecule has 0 aliphatic carbocycles. The van der Waals surface area contributed by atoms with E-state index in [9.17, 15) is 17.6 Å². The number of ether oxygens (including phenoxy) is 1. The van der Waals surface area contributed by atoms with Crippen LogP contribution in [0, 0.1) is 5.82 Å². The van der Waals surface area contributed by atoms with Crippen LogP contribution in [0.4, 0.5) is 4.39 Å². The maximum absolute atomic E-state index is 13.9. The van der Waals surface area contributed by atoms with Crippen molar-refractivity contribution < 1.29 is 22.3 Å². The molecule has 0 radical (unpaired) electrons. The van der Waals surface area contributed by atoms with Crippen LogP contribution in [0.15, 0.2) is 53.6 Å². The molecule has 0 bridgehead atoms. The van der Waals surface area contributed by atoms with E-state index in [-0.39, 0.29) is 16.4 Å². The number of benzene rings is 2. The molecule has 2 aliphatic rings. The maximum Gasteiger partial charge on any atom is 0.255 e. The molecule has 3 aromatic rings. The number of nitrogens with zero attached hydrogens (tertiary/aromatic N) is 3. The predicted molar refractivity (Wildman–Crippen MR) is 120 cm³/mol. The van der Waals surface area contributed by atoms with E-state index in [1.807, 2.05) is 10.9 Å². The third-order valence-electron chi connectivity index (χ3n) is 6.23. The van der Waals surface area contributed by atoms with Crippen molar-refractivity contribution in [2.75, 3.05) is 19.5 Å². The van der Waals surface area contributed by atoms with E-state index < -0.39 is 15.7 Å². The fourth-order valence-corrected chi connectivity index (χ4v) is 5.11. The van der Waals surface area contributed by atoms with Gasteiger partial charge in [-0.25, -0.2) is 12.8 Å². The van der Waals surface area contributed by atoms with Crippen LogP contribution in [0.25, 0.3) is 11.1 Å². The lowest BCUT2D eigenvalue weighted by atomic mass is 9.98. The second kappa shape index (κ2) is 8.39. The first-order valence-electron chi connectivity index (χ1n) is 10.8. The molecule has 1 fully saturated rings. The van der Waals surface area contributed by atoms with E-state index in [0.717, 1.165) is 43.6 Å². The van der Waals surface area contributed by atoms with Crippen molar-refractivity contribution in [3.05, 3.63) is 71.3 Å². The monoisotopic (exact) mass is 469 g/mol. The summed E-state index contributed by atoms with van der Waals surface area (Å²) >= 11 is 0. The maximum atomic E-state index is 13.9. The lowest BCUT2D eigenvalue weighted by Gasteiger charge is -2.23. The number of halogens is 1. The van der Waals surface area contributed by atoms with Gasteiger partial charge in [0.1, 0.15) is 5.82 Å². The Labute approximate surface area is 191 Å². The van der Waals surface area contributed by atoms with Crippen molar-refractivity contribution in [3.63, 3.8) is 0 Å². The summed E-state index contributed by atoms with van der Waals surface area (Å²) in [6.07, 6.45) is 4.93. The van der Waals surface area contributed by atoms with Gasteiger partial charge in [0, 0.05) is 43.3 Å². The molecule has 33 heavy (non-hydrogen) atoms. The van der Waals surface area contributed by atoms with E-state index >= 15 is 0 Å². The first kappa shape index (κ1) is 21.8. The molecule has 0 saturated carbocycles. The van der Waals surface area contributed by atoms with Gasteiger partial charge in [0.2, 0.25) is 0 Å². The average molecular weight is 470 g/mol. The van der Waals surface area contributed by atoms with Gasteiger partial charge in [-0.15, -0.1) is 0 Å². The molecule has 3 heterocycles. The third-order valence-corrected chi connectivity index (χ3v) is 7.34. The zero-order valence-corrected chi connectivity index (χ0v) is 19.0. The molecular formula is C24H24FN3O4S. The molecule has 0 spiro atoms. The van der Waals surface area contributed by atoms with E-state index in [4.69, 9.17) is 9.84 Å². The molecule has 7 nitrogen and oxygen atoms in total. The molecule has 172 valence electrons. The van der Waals surface area contributed by atoms with Crippen LogP contribution in [0.5, 0.6) is 0 Å². The van der Waals surface area contributed by atoms with Crippen LogP contribution in [0.1, 0.15) is 40.5 Å². The Hall–Kier alpha value is -3.04. The summed E-state index contributed by atoms with van der Waals surface area (Å²) in [6, 6.07) is 10.6. The number of rotatable bonds is 4. The van der Waals surface area contributed by atoms with Crippen LogP contribution in [-0.2, 0) is 27.7 Å². The highest BCUT2D eigenvalue weighted by molar-refractivity contribution is 7.90. The number of carbonyl (C=O) groups is 1. The Bertz CT molecular complexity index is 1310. The summed E-state index contributed by atoms with van der Waals surface area (Å²) in [5, 5.41) is 4.71. The molecule has 2 aliphatic heterocycles. The second-order valence-corrected chi connectivity index (χ2v) is 10.6. The second-order valence-electron chi connectivity index (χ2n) is 8.58. The molecule has 1 amide bonds. The van der Waals surface area contributed by atoms with Crippen LogP contribution >= 0.6 is 0 Å². The van der Waals surface area contributed by atoms with Gasteiger partial charge in [0.15, 0.2) is 9.84 Å². The number of carbonyl (C=O) groups excluding carboxylic acids is 1. The Morgan fingerprint density at radius 2 is 1.91 bits per heavy atom. The number of hydrogen-bond acceptors (Lipinski definition) is 5. The minimum Gasteiger partial charge on any atom is -0.381 e. The fourth-order valence-electron chi connectivity index (χ4n) is 4.46. The summed E-state index contributed by atoms with van der Waals surface area (Å²) in [6.45, 7) is 2.18. The first-order valence-corrected chi connectivity index (χ1v) is 12.7. The van der Waals surface area contributed by atoms with E-state index in [1.54, 1.807) is 23.1 Å². The normalized spacial score (nSPS) is 16.7. The van der Waals surface area contributed by atoms with Crippen LogP contribution in [-0.4, -0.2) is 48.5 Å². The van der Waals surface area contributed by atoms with E-state index in [2.05, 4.69) is 0 Å². The molecule has 5 rings (SSSR count). The van der Waals surface area contributed by atoms with Gasteiger partial charge in [-0.1, -0.05) is 18.2 Å². The summed E-state index contributed by atoms with van der Waals surface area (Å²) in [5.74, 6) is -0.739. The summed E-state index contributed by atoms with van der Waals surface area (Å²) in [5.41, 5.74) is 3.07. The quantitative estimate of drug-likeness (QED) is 0.583. The van der Waals surface area contributed by atoms with E-state index in [0.29, 0.717) is 30.3 Å². The van der Waals surface area contributed by atoms with Gasteiger partial charge in [-0.3, -0.25) is 9.48 Å². The summed E-state index contributed by atoms with van der Waals surface area (Å²) < 4.78 is 45.6. The van der Waals surface area contributed by atoms with Gasteiger partial charge in [-0.05, 0) is 48.2 Å². The molecular weight excluding hydrogens is 445 g/mol. The van der Waals surface area contributed by atoms with E-state index in [1.165, 1.54) is 24.3 Å². The highest BCUT2D eigenvalue weighted by Crippen LogP contribution is 2.32. The topological polar surface area (TPSA) is 81.5 Å². The number of aromatic nitrogens is 2. The van der Waals surface area contributed by atoms with Crippen molar-refractivity contribution >= 4 is 15.7 Å². The van der Waals surface area contributed by atoms with Gasteiger partial charge in [0.05, 0.1) is 23.2 Å². The highest BCUT2D eigenvalue weighted by atomic mass is 32.2. The van der Waals surface area contributed by atoms with Crippen LogP contribution in [0.2, 0.25) is 0 Å². The number of sulfone groups is 1. The van der Waals surface area contributed by atoms with Crippen molar-refractivity contribution in [1.29, 1.82) is 0 Å². The predicted octanol–water partition coefficient (Wildman–Crippen LogP) is 3.60. The number of amides is 1. The van der Waals surface area contributed by atoms with Gasteiger partial charge < -0.3 is 9.64 Å². The van der Waals surface area contributed by atoms with Gasteiger partial charge in [-0.2, -0.15) is 5.10 Å². The number of fused-ring (bicyclic) bond motifs is 1. The van der Waals surface area contributed by atoms with Crippen molar-refractivity contribution in [3.8, 4) is 11.1 Å². The molecule has 9 heteroatoms. The third kappa shape index (κ3) is 4.30. The van der Waals surface area contributed by atoms with Crippen molar-refractivity contribution in [2.45, 2.75) is 36.9 Å². The Kier molecular flexibility index (Phi) is 5.54. The Morgan fingerprint density at radius 1 is 1.12 bits per heavy atom. The largest absolute Gasteiger partial charge is 0.381 e. The Balaban J connectivity index is 1.46. The average Bonchev–Trinajstić information content (AvgIpc) is 3.38. The lowest BCUT2D eigenvalue weighted by molar-refractivity contribution is 0.0655. The van der Waals surface area contributed by atoms with Crippen LogP contribution in [0.3, 0.4) is 0 Å². The van der Waals surface area contributed by atoms with Crippen LogP contribution < -0.4 is 0 Å². The molecule has 2 aromatic carbocycles. The Morgan fingerprint density at radius 3 is 2.61 bits per heavy atom. The van der Waals surface area contributed by atoms with Crippen molar-refractivity contribution in [2.24, 2.45) is 0 Å². The lowest BCUT2D eigenvalue weighted by Crippen LogP contribution is -2.27. The number of hydrogen-bond donors (Lipinski definition) is 0. The van der Waals surface area contributed by atoms with Gasteiger partial charge >= 0.3 is 0 Å². The zero-order valence-electron chi connectivity index (χ0n) is 18.2. The molecule has 0 atom stereocenters. The summed E-state index contributed by atoms with van der Waals surface area (Å²) in [7, 11) is -3.52. The zero-order chi connectivity index (χ0) is 23.2. The summed E-state index contributed by atoms with van der Waals surface area (Å²) in [4.78, 5) is 15.2. The minimum absolute atomic E-state index is 0.0487. The molecule has 0 unspecified atom stereocenters. The fraction of sp³-hybridized carbons (Fsp3) is 0.333.